The number of benzene rings is 1. The lowest BCUT2D eigenvalue weighted by molar-refractivity contribution is 0.322. The Balaban J connectivity index is 0.00000420. The molecule has 0 saturated carbocycles. The Hall–Kier alpha value is -1.43. The van der Waals surface area contributed by atoms with Gasteiger partial charge in [-0.15, -0.1) is 24.0 Å². The van der Waals surface area contributed by atoms with Gasteiger partial charge in [0.25, 0.3) is 0 Å². The maximum absolute atomic E-state index is 12.3. The van der Waals surface area contributed by atoms with Crippen molar-refractivity contribution in [1.82, 2.24) is 10.2 Å². The molecule has 0 aliphatic carbocycles. The third-order valence-electron chi connectivity index (χ3n) is 4.86. The summed E-state index contributed by atoms with van der Waals surface area (Å²) in [7, 11) is 1.60. The lowest BCUT2D eigenvalue weighted by Gasteiger charge is -2.39. The van der Waals surface area contributed by atoms with E-state index >= 15 is 0 Å². The van der Waals surface area contributed by atoms with Gasteiger partial charge in [0, 0.05) is 25.2 Å². The zero-order chi connectivity index (χ0) is 20.9. The van der Waals surface area contributed by atoms with Crippen molar-refractivity contribution in [2.45, 2.75) is 32.1 Å². The first-order valence-corrected chi connectivity index (χ1v) is 10.9. The second-order valence-electron chi connectivity index (χ2n) is 7.16. The molecule has 1 heterocycles. The van der Waals surface area contributed by atoms with E-state index in [1.165, 1.54) is 0 Å². The van der Waals surface area contributed by atoms with E-state index in [0.717, 1.165) is 5.56 Å². The van der Waals surface area contributed by atoms with Gasteiger partial charge in [-0.1, -0.05) is 0 Å². The van der Waals surface area contributed by atoms with Crippen LogP contribution in [0.1, 0.15) is 26.3 Å². The van der Waals surface area contributed by atoms with Crippen LogP contribution < -0.4 is 19.5 Å². The monoisotopic (exact) mass is 541 g/mol. The van der Waals surface area contributed by atoms with Crippen molar-refractivity contribution < 1.29 is 22.6 Å². The van der Waals surface area contributed by atoms with Crippen LogP contribution in [0.25, 0.3) is 0 Å². The molecule has 166 valence electrons. The van der Waals surface area contributed by atoms with Crippen molar-refractivity contribution in [1.29, 1.82) is 0 Å². The maximum Gasteiger partial charge on any atom is 0.203 e. The summed E-state index contributed by atoms with van der Waals surface area (Å²) in [6.45, 7) is 7.36. The summed E-state index contributed by atoms with van der Waals surface area (Å²) in [5.41, 5.74) is 0.847. The molecule has 0 unspecified atom stereocenters. The predicted octanol–water partition coefficient (Wildman–Crippen LogP) is 2.30. The highest BCUT2D eigenvalue weighted by molar-refractivity contribution is 14.0. The molecule has 1 N–H and O–H groups in total. The minimum absolute atomic E-state index is 0. The van der Waals surface area contributed by atoms with Gasteiger partial charge in [0.1, 0.15) is 0 Å². The molecule has 2 rings (SSSR count). The molecule has 0 aromatic heterocycles. The Morgan fingerprint density at radius 1 is 1.17 bits per heavy atom. The molecule has 1 aliphatic rings. The standard InChI is InChI=1S/C19H31N3O5S.HI/c1-7-20-18(22-10-11-28(23,24)19(2,3)13-22)21-12-14-8-9-15(25-4)17(27-6)16(14)26-5;/h8-9H,7,10-13H2,1-6H3,(H,20,21);1H. The van der Waals surface area contributed by atoms with Crippen LogP contribution in [0.5, 0.6) is 17.2 Å². The number of nitrogens with one attached hydrogen (secondary N) is 1. The molecule has 1 aliphatic heterocycles. The molecule has 1 aromatic rings. The van der Waals surface area contributed by atoms with Gasteiger partial charge in [0.2, 0.25) is 5.75 Å². The molecule has 0 spiro atoms. The number of nitrogens with zero attached hydrogens (tertiary/aromatic N) is 2. The lowest BCUT2D eigenvalue weighted by atomic mass is 10.1. The van der Waals surface area contributed by atoms with Crippen LogP contribution in [-0.2, 0) is 16.4 Å². The van der Waals surface area contributed by atoms with Crippen molar-refractivity contribution in [2.24, 2.45) is 4.99 Å². The topological polar surface area (TPSA) is 89.5 Å². The van der Waals surface area contributed by atoms with Crippen LogP contribution in [0.2, 0.25) is 0 Å². The second-order valence-corrected chi connectivity index (χ2v) is 9.91. The summed E-state index contributed by atoms with van der Waals surface area (Å²) in [5, 5.41) is 3.26. The largest absolute Gasteiger partial charge is 0.493 e. The summed E-state index contributed by atoms with van der Waals surface area (Å²) in [6, 6.07) is 3.70. The van der Waals surface area contributed by atoms with Gasteiger partial charge in [-0.05, 0) is 32.9 Å². The second kappa shape index (κ2) is 10.6. The van der Waals surface area contributed by atoms with E-state index < -0.39 is 14.6 Å². The Labute approximate surface area is 190 Å². The van der Waals surface area contributed by atoms with E-state index in [4.69, 9.17) is 19.2 Å². The molecule has 1 aromatic carbocycles. The van der Waals surface area contributed by atoms with Crippen LogP contribution in [-0.4, -0.2) is 70.7 Å². The Morgan fingerprint density at radius 2 is 1.83 bits per heavy atom. The first-order valence-electron chi connectivity index (χ1n) is 9.24. The van der Waals surface area contributed by atoms with Crippen LogP contribution in [0.4, 0.5) is 0 Å². The fourth-order valence-electron chi connectivity index (χ4n) is 3.20. The molecule has 0 amide bonds. The van der Waals surface area contributed by atoms with E-state index in [-0.39, 0.29) is 29.7 Å². The summed E-state index contributed by atoms with van der Waals surface area (Å²) in [5.74, 6) is 2.48. The number of sulfone groups is 1. The smallest absolute Gasteiger partial charge is 0.203 e. The van der Waals surface area contributed by atoms with Gasteiger partial charge in [0.15, 0.2) is 27.3 Å². The average Bonchev–Trinajstić information content (AvgIpc) is 2.66. The summed E-state index contributed by atoms with van der Waals surface area (Å²) in [4.78, 5) is 6.72. The van der Waals surface area contributed by atoms with Gasteiger partial charge in [-0.2, -0.15) is 0 Å². The number of halogens is 1. The number of hydrogen-bond acceptors (Lipinski definition) is 6. The number of ether oxygens (including phenoxy) is 3. The first kappa shape index (κ1) is 25.6. The van der Waals surface area contributed by atoms with Crippen LogP contribution in [0.3, 0.4) is 0 Å². The number of hydrogen-bond donors (Lipinski definition) is 1. The Kier molecular flexibility index (Phi) is 9.32. The highest BCUT2D eigenvalue weighted by Gasteiger charge is 2.41. The first-order chi connectivity index (χ1) is 13.2. The Bertz CT molecular complexity index is 827. The Morgan fingerprint density at radius 3 is 2.34 bits per heavy atom. The number of guanidine groups is 1. The fraction of sp³-hybridized carbons (Fsp3) is 0.632. The summed E-state index contributed by atoms with van der Waals surface area (Å²) < 4.78 is 40.0. The molecule has 29 heavy (non-hydrogen) atoms. The predicted molar refractivity (Wildman–Crippen MR) is 126 cm³/mol. The van der Waals surface area contributed by atoms with Gasteiger partial charge >= 0.3 is 0 Å². The van der Waals surface area contributed by atoms with Crippen molar-refractivity contribution >= 4 is 39.8 Å². The number of methoxy groups -OCH3 is 3. The molecule has 8 nitrogen and oxygen atoms in total. The van der Waals surface area contributed by atoms with Gasteiger partial charge in [-0.3, -0.25) is 0 Å². The van der Waals surface area contributed by atoms with Gasteiger partial charge in [-0.25, -0.2) is 13.4 Å². The molecule has 10 heteroatoms. The third kappa shape index (κ3) is 5.59. The SMILES string of the molecule is CCNC(=NCc1ccc(OC)c(OC)c1OC)N1CCS(=O)(=O)C(C)(C)C1.I. The maximum atomic E-state index is 12.3. The van der Waals surface area contributed by atoms with Crippen molar-refractivity contribution in [3.63, 3.8) is 0 Å². The molecule has 0 atom stereocenters. The van der Waals surface area contributed by atoms with Crippen LogP contribution in [0.15, 0.2) is 17.1 Å². The number of aliphatic imine (C=N–C) groups is 1. The molecule has 0 radical (unpaired) electrons. The zero-order valence-corrected chi connectivity index (χ0v) is 21.1. The van der Waals surface area contributed by atoms with Crippen molar-refractivity contribution in [3.05, 3.63) is 17.7 Å². The quantitative estimate of drug-likeness (QED) is 0.336. The zero-order valence-electron chi connectivity index (χ0n) is 17.9. The van der Waals surface area contributed by atoms with E-state index in [9.17, 15) is 8.42 Å². The fourth-order valence-corrected chi connectivity index (χ4v) is 4.56. The molecule has 1 fully saturated rings. The van der Waals surface area contributed by atoms with E-state index in [2.05, 4.69) is 5.32 Å². The van der Waals surface area contributed by atoms with Gasteiger partial charge in [0.05, 0.1) is 38.4 Å². The lowest BCUT2D eigenvalue weighted by Crippen LogP contribution is -2.57. The van der Waals surface area contributed by atoms with Crippen LogP contribution in [0, 0.1) is 0 Å². The average molecular weight is 541 g/mol. The van der Waals surface area contributed by atoms with E-state index in [0.29, 0.717) is 49.4 Å². The molecular formula is C19H32IN3O5S. The highest BCUT2D eigenvalue weighted by Crippen LogP contribution is 2.40. The molecular weight excluding hydrogens is 509 g/mol. The van der Waals surface area contributed by atoms with Crippen LogP contribution >= 0.6 is 24.0 Å². The minimum Gasteiger partial charge on any atom is -0.493 e. The number of rotatable bonds is 6. The van der Waals surface area contributed by atoms with Gasteiger partial charge < -0.3 is 24.4 Å². The summed E-state index contributed by atoms with van der Waals surface area (Å²) >= 11 is 0. The third-order valence-corrected chi connectivity index (χ3v) is 7.40. The van der Waals surface area contributed by atoms with E-state index in [1.807, 2.05) is 24.0 Å². The van der Waals surface area contributed by atoms with Crippen molar-refractivity contribution in [2.75, 3.05) is 46.7 Å². The molecule has 1 saturated heterocycles. The highest BCUT2D eigenvalue weighted by atomic mass is 127. The minimum atomic E-state index is -3.11. The van der Waals surface area contributed by atoms with E-state index in [1.54, 1.807) is 35.2 Å². The summed E-state index contributed by atoms with van der Waals surface area (Å²) in [6.07, 6.45) is 0. The molecule has 0 bridgehead atoms. The normalized spacial score (nSPS) is 17.9. The van der Waals surface area contributed by atoms with Crippen molar-refractivity contribution in [3.8, 4) is 17.2 Å².